The number of nitrogens with zero attached hydrogens (tertiary/aromatic N) is 1. The van der Waals surface area contributed by atoms with Crippen LogP contribution in [0, 0.1) is 11.6 Å². The summed E-state index contributed by atoms with van der Waals surface area (Å²) >= 11 is 0. The van der Waals surface area contributed by atoms with Crippen LogP contribution in [0.15, 0.2) is 18.2 Å². The van der Waals surface area contributed by atoms with Gasteiger partial charge in [0.05, 0.1) is 0 Å². The van der Waals surface area contributed by atoms with Gasteiger partial charge in [-0.15, -0.1) is 0 Å². The average molecular weight is 337 g/mol. The minimum absolute atomic E-state index is 0.0104. The van der Waals surface area contributed by atoms with Crippen LogP contribution in [-0.2, 0) is 4.79 Å². The second kappa shape index (κ2) is 8.26. The predicted molar refractivity (Wildman–Crippen MR) is 76.9 cm³/mol. The summed E-state index contributed by atoms with van der Waals surface area (Å²) in [6.07, 6.45) is -3.82. The quantitative estimate of drug-likeness (QED) is 0.720. The van der Waals surface area contributed by atoms with Crippen molar-refractivity contribution in [3.05, 3.63) is 35.4 Å². The lowest BCUT2D eigenvalue weighted by atomic mass is 9.93. The van der Waals surface area contributed by atoms with Gasteiger partial charge in [-0.1, -0.05) is 26.0 Å². The van der Waals surface area contributed by atoms with Crippen LogP contribution in [0.4, 0.5) is 22.0 Å². The molecule has 0 spiro atoms. The number of benzene rings is 1. The van der Waals surface area contributed by atoms with Gasteiger partial charge in [-0.25, -0.2) is 8.78 Å². The highest BCUT2D eigenvalue weighted by molar-refractivity contribution is 5.76. The molecule has 0 N–H and O–H groups in total. The third-order valence-corrected chi connectivity index (χ3v) is 3.53. The van der Waals surface area contributed by atoms with Crippen LogP contribution in [0.25, 0.3) is 0 Å². The largest absolute Gasteiger partial charge is 0.406 e. The molecule has 1 saturated heterocycles. The number of likely N-dealkylation sites (tertiary alicyclic amines) is 1. The van der Waals surface area contributed by atoms with Gasteiger partial charge >= 0.3 is 6.18 Å². The van der Waals surface area contributed by atoms with Crippen molar-refractivity contribution in [2.45, 2.75) is 45.2 Å². The Kier molecular flexibility index (Phi) is 6.97. The van der Waals surface area contributed by atoms with Crippen molar-refractivity contribution in [2.24, 2.45) is 0 Å². The molecule has 0 aromatic heterocycles. The van der Waals surface area contributed by atoms with E-state index in [4.69, 9.17) is 0 Å². The van der Waals surface area contributed by atoms with Crippen molar-refractivity contribution in [1.82, 2.24) is 4.90 Å². The number of hydrogen-bond donors (Lipinski definition) is 0. The van der Waals surface area contributed by atoms with Crippen LogP contribution >= 0.6 is 0 Å². The molecule has 130 valence electrons. The summed E-state index contributed by atoms with van der Waals surface area (Å²) in [4.78, 5) is 12.4. The number of rotatable bonds is 2. The van der Waals surface area contributed by atoms with E-state index in [1.54, 1.807) is 0 Å². The molecule has 1 aliphatic rings. The average Bonchev–Trinajstić information content (AvgIpc) is 2.65. The van der Waals surface area contributed by atoms with Crippen LogP contribution in [0.3, 0.4) is 0 Å². The van der Waals surface area contributed by atoms with Crippen molar-refractivity contribution in [2.75, 3.05) is 13.1 Å². The molecule has 23 heavy (non-hydrogen) atoms. The topological polar surface area (TPSA) is 20.3 Å². The first kappa shape index (κ1) is 19.4. The van der Waals surface area contributed by atoms with E-state index in [-0.39, 0.29) is 18.5 Å². The van der Waals surface area contributed by atoms with Gasteiger partial charge in [-0.2, -0.15) is 13.2 Å². The Labute approximate surface area is 132 Å². The highest BCUT2D eigenvalue weighted by Gasteiger charge is 2.35. The smallest absolute Gasteiger partial charge is 0.333 e. The summed E-state index contributed by atoms with van der Waals surface area (Å²) in [7, 11) is 0. The van der Waals surface area contributed by atoms with Gasteiger partial charge in [-0.3, -0.25) is 4.79 Å². The van der Waals surface area contributed by atoms with Crippen molar-refractivity contribution >= 4 is 5.91 Å². The minimum Gasteiger partial charge on any atom is -0.333 e. The fraction of sp³-hybridized carbons (Fsp3) is 0.562. The number of alkyl halides is 3. The molecule has 1 amide bonds. The van der Waals surface area contributed by atoms with Gasteiger partial charge in [0, 0.05) is 18.9 Å². The Morgan fingerprint density at radius 1 is 1.22 bits per heavy atom. The molecule has 7 heteroatoms. The lowest BCUT2D eigenvalue weighted by Gasteiger charge is -2.26. The van der Waals surface area contributed by atoms with Gasteiger partial charge in [0.2, 0.25) is 5.91 Å². The summed E-state index contributed by atoms with van der Waals surface area (Å²) in [5.41, 5.74) is 0.0249. The third-order valence-electron chi connectivity index (χ3n) is 3.53. The summed E-state index contributed by atoms with van der Waals surface area (Å²) in [6.45, 7) is 2.39. The molecule has 1 fully saturated rings. The lowest BCUT2D eigenvalue weighted by molar-refractivity contribution is -0.160. The molecule has 1 heterocycles. The molecule has 2 nitrogen and oxygen atoms in total. The summed E-state index contributed by atoms with van der Waals surface area (Å²) in [5.74, 6) is -3.32. The molecule has 0 aliphatic carbocycles. The number of carbonyl (C=O) groups is 1. The molecular formula is C16H20F5NO. The van der Waals surface area contributed by atoms with E-state index in [9.17, 15) is 26.7 Å². The number of halogens is 5. The first-order valence-electron chi connectivity index (χ1n) is 7.56. The monoisotopic (exact) mass is 337 g/mol. The van der Waals surface area contributed by atoms with Crippen molar-refractivity contribution < 1.29 is 26.7 Å². The number of carbonyl (C=O) groups excluding carboxylic acids is 1. The Bertz CT molecular complexity index is 530. The maximum Gasteiger partial charge on any atom is 0.406 e. The number of hydrogen-bond acceptors (Lipinski definition) is 1. The SMILES string of the molecule is CC.O=C1CCCC(c2cccc(F)c2F)CN1CC(F)(F)F. The standard InChI is InChI=1S/C14H14F5NO.C2H6/c15-11-5-2-4-10(13(11)16)9-3-1-6-12(21)20(7-9)8-14(17,18)19;1-2/h2,4-5,9H,1,3,6-8H2;1-2H3. The predicted octanol–water partition coefficient (Wildman–Crippen LogP) is 4.65. The van der Waals surface area contributed by atoms with Crippen LogP contribution in [0.2, 0.25) is 0 Å². The second-order valence-electron chi connectivity index (χ2n) is 5.12. The van der Waals surface area contributed by atoms with Crippen LogP contribution < -0.4 is 0 Å². The maximum atomic E-state index is 13.8. The molecule has 1 aromatic rings. The van der Waals surface area contributed by atoms with Gasteiger partial charge in [0.15, 0.2) is 11.6 Å². The van der Waals surface area contributed by atoms with E-state index < -0.39 is 36.2 Å². The van der Waals surface area contributed by atoms with Gasteiger partial charge < -0.3 is 4.90 Å². The van der Waals surface area contributed by atoms with E-state index in [1.807, 2.05) is 13.8 Å². The Balaban J connectivity index is 0.00000127. The first-order valence-corrected chi connectivity index (χ1v) is 7.56. The van der Waals surface area contributed by atoms with Crippen molar-refractivity contribution in [3.8, 4) is 0 Å². The van der Waals surface area contributed by atoms with Crippen molar-refractivity contribution in [1.29, 1.82) is 0 Å². The zero-order valence-corrected chi connectivity index (χ0v) is 13.1. The zero-order valence-electron chi connectivity index (χ0n) is 13.1. The van der Waals surface area contributed by atoms with E-state index in [2.05, 4.69) is 0 Å². The van der Waals surface area contributed by atoms with Crippen molar-refractivity contribution in [3.63, 3.8) is 0 Å². The fourth-order valence-corrected chi connectivity index (χ4v) is 2.58. The maximum absolute atomic E-state index is 13.8. The normalized spacial score (nSPS) is 19.0. The Morgan fingerprint density at radius 2 is 1.87 bits per heavy atom. The Morgan fingerprint density at radius 3 is 2.48 bits per heavy atom. The first-order chi connectivity index (χ1) is 10.8. The summed E-state index contributed by atoms with van der Waals surface area (Å²) in [6, 6.07) is 3.62. The second-order valence-corrected chi connectivity index (χ2v) is 5.12. The van der Waals surface area contributed by atoms with Gasteiger partial charge in [-0.05, 0) is 24.5 Å². The van der Waals surface area contributed by atoms with Gasteiger partial charge in [0.25, 0.3) is 0 Å². The van der Waals surface area contributed by atoms with Crippen LogP contribution in [0.5, 0.6) is 0 Å². The molecule has 1 atom stereocenters. The summed E-state index contributed by atoms with van der Waals surface area (Å²) in [5, 5.41) is 0. The molecule has 0 saturated carbocycles. The minimum atomic E-state index is -4.51. The molecule has 2 rings (SSSR count). The molecule has 1 aliphatic heterocycles. The van der Waals surface area contributed by atoms with Gasteiger partial charge in [0.1, 0.15) is 6.54 Å². The fourth-order valence-electron chi connectivity index (χ4n) is 2.58. The number of amides is 1. The summed E-state index contributed by atoms with van der Waals surface area (Å²) < 4.78 is 64.5. The van der Waals surface area contributed by atoms with E-state index in [1.165, 1.54) is 12.1 Å². The molecule has 1 unspecified atom stereocenters. The molecule has 0 bridgehead atoms. The molecule has 1 aromatic carbocycles. The highest BCUT2D eigenvalue weighted by atomic mass is 19.4. The van der Waals surface area contributed by atoms with E-state index in [0.29, 0.717) is 17.7 Å². The zero-order chi connectivity index (χ0) is 17.6. The highest BCUT2D eigenvalue weighted by Crippen LogP contribution is 2.31. The molecular weight excluding hydrogens is 317 g/mol. The lowest BCUT2D eigenvalue weighted by Crippen LogP contribution is -2.40. The van der Waals surface area contributed by atoms with Crippen LogP contribution in [0.1, 0.15) is 44.6 Å². The van der Waals surface area contributed by atoms with E-state index >= 15 is 0 Å². The van der Waals surface area contributed by atoms with E-state index in [0.717, 1.165) is 6.07 Å². The van der Waals surface area contributed by atoms with Crippen LogP contribution in [-0.4, -0.2) is 30.1 Å². The third kappa shape index (κ3) is 5.48. The Hall–Kier alpha value is -1.66. The molecule has 0 radical (unpaired) electrons.